The lowest BCUT2D eigenvalue weighted by Gasteiger charge is -2.26. The van der Waals surface area contributed by atoms with E-state index < -0.39 is 27.9 Å². The largest absolute Gasteiger partial charge is 0.326 e. The van der Waals surface area contributed by atoms with Crippen LogP contribution in [-0.2, 0) is 31.0 Å². The average Bonchev–Trinajstić information content (AvgIpc) is 2.94. The molecule has 1 atom stereocenters. The highest BCUT2D eigenvalue weighted by Gasteiger charge is 2.43. The Kier molecular flexibility index (Phi) is 5.30. The van der Waals surface area contributed by atoms with Crippen LogP contribution in [0.25, 0.3) is 0 Å². The summed E-state index contributed by atoms with van der Waals surface area (Å²) < 4.78 is 22.7. The van der Waals surface area contributed by atoms with E-state index in [1.54, 1.807) is 0 Å². The van der Waals surface area contributed by atoms with Crippen molar-refractivity contribution in [2.24, 2.45) is 5.14 Å². The van der Waals surface area contributed by atoms with Gasteiger partial charge < -0.3 is 4.90 Å². The molecule has 0 saturated carbocycles. The monoisotopic (exact) mass is 401 g/mol. The highest BCUT2D eigenvalue weighted by atomic mass is 32.2. The molecule has 1 fully saturated rings. The van der Waals surface area contributed by atoms with Gasteiger partial charge in [-0.05, 0) is 29.8 Å². The molecule has 2 N–H and O–H groups in total. The maximum Gasteiger partial charge on any atom is 0.257 e. The van der Waals surface area contributed by atoms with Gasteiger partial charge in [0.15, 0.2) is 0 Å². The van der Waals surface area contributed by atoms with Crippen molar-refractivity contribution in [3.8, 4) is 0 Å². The van der Waals surface area contributed by atoms with Crippen LogP contribution < -0.4 is 10.0 Å². The quantitative estimate of drug-likeness (QED) is 0.751. The van der Waals surface area contributed by atoms with Gasteiger partial charge in [-0.1, -0.05) is 30.3 Å². The van der Waals surface area contributed by atoms with Gasteiger partial charge in [0.2, 0.25) is 21.8 Å². The van der Waals surface area contributed by atoms with Gasteiger partial charge in [0.05, 0.1) is 17.0 Å². The maximum atomic E-state index is 12.9. The van der Waals surface area contributed by atoms with Gasteiger partial charge in [-0.2, -0.15) is 0 Å². The second-order valence-corrected chi connectivity index (χ2v) is 8.02. The molecule has 0 bridgehead atoms. The first-order valence-electron chi connectivity index (χ1n) is 8.49. The summed E-state index contributed by atoms with van der Waals surface area (Å²) in [5.74, 6) is -1.31. The van der Waals surface area contributed by atoms with Gasteiger partial charge in [0, 0.05) is 13.5 Å². The first-order valence-corrected chi connectivity index (χ1v) is 10.0. The van der Waals surface area contributed by atoms with Crippen LogP contribution in [0.1, 0.15) is 18.9 Å². The van der Waals surface area contributed by atoms with Crippen LogP contribution in [0.3, 0.4) is 0 Å². The van der Waals surface area contributed by atoms with Gasteiger partial charge >= 0.3 is 0 Å². The van der Waals surface area contributed by atoms with E-state index in [0.717, 1.165) is 10.5 Å². The number of nitrogens with zero attached hydrogens (tertiary/aromatic N) is 2. The second-order valence-electron chi connectivity index (χ2n) is 6.46. The Balaban J connectivity index is 1.86. The lowest BCUT2D eigenvalue weighted by Crippen LogP contribution is -2.44. The van der Waals surface area contributed by atoms with Gasteiger partial charge in [-0.15, -0.1) is 0 Å². The van der Waals surface area contributed by atoms with E-state index in [-0.39, 0.29) is 29.5 Å². The molecule has 1 saturated heterocycles. The van der Waals surface area contributed by atoms with E-state index in [0.29, 0.717) is 0 Å². The SMILES string of the molecule is CC(=O)N(Cc1ccccc1)C1CC(=O)N(c2ccc(S(N)(=O)=O)cc2)C1=O. The van der Waals surface area contributed by atoms with Crippen LogP contribution in [-0.4, -0.2) is 37.1 Å². The number of anilines is 1. The normalized spacial score (nSPS) is 17.1. The minimum absolute atomic E-state index is 0.124. The summed E-state index contributed by atoms with van der Waals surface area (Å²) in [6, 6.07) is 13.4. The number of imide groups is 1. The number of hydrogen-bond acceptors (Lipinski definition) is 5. The number of rotatable bonds is 5. The molecule has 1 unspecified atom stereocenters. The Morgan fingerprint density at radius 1 is 1.11 bits per heavy atom. The van der Waals surface area contributed by atoms with E-state index in [4.69, 9.17) is 5.14 Å². The fourth-order valence-corrected chi connectivity index (χ4v) is 3.65. The summed E-state index contributed by atoms with van der Waals surface area (Å²) in [5.41, 5.74) is 1.07. The molecule has 2 aromatic rings. The number of hydrogen-bond donors (Lipinski definition) is 1. The molecule has 9 heteroatoms. The Labute approximate surface area is 162 Å². The van der Waals surface area contributed by atoms with Crippen molar-refractivity contribution in [1.29, 1.82) is 0 Å². The Hall–Kier alpha value is -3.04. The van der Waals surface area contributed by atoms with Crippen molar-refractivity contribution in [2.45, 2.75) is 30.8 Å². The zero-order valence-electron chi connectivity index (χ0n) is 15.1. The van der Waals surface area contributed by atoms with Crippen LogP contribution in [0.5, 0.6) is 0 Å². The van der Waals surface area contributed by atoms with Crippen molar-refractivity contribution < 1.29 is 22.8 Å². The Morgan fingerprint density at radius 3 is 2.25 bits per heavy atom. The van der Waals surface area contributed by atoms with Crippen molar-refractivity contribution >= 4 is 33.4 Å². The van der Waals surface area contributed by atoms with E-state index in [1.165, 1.54) is 36.1 Å². The fourth-order valence-electron chi connectivity index (χ4n) is 3.14. The number of carbonyl (C=O) groups excluding carboxylic acids is 3. The standard InChI is InChI=1S/C19H19N3O5S/c1-13(23)21(12-14-5-3-2-4-6-14)17-11-18(24)22(19(17)25)15-7-9-16(10-8-15)28(20,26)27/h2-10,17H,11-12H2,1H3,(H2,20,26,27). The number of sulfonamides is 1. The van der Waals surface area contributed by atoms with Gasteiger partial charge in [0.1, 0.15) is 6.04 Å². The van der Waals surface area contributed by atoms with Crippen molar-refractivity contribution in [3.63, 3.8) is 0 Å². The second kappa shape index (κ2) is 7.53. The molecule has 3 amide bonds. The highest BCUT2D eigenvalue weighted by molar-refractivity contribution is 7.89. The molecule has 0 spiro atoms. The molecule has 2 aromatic carbocycles. The number of amides is 3. The fraction of sp³-hybridized carbons (Fsp3) is 0.211. The zero-order valence-corrected chi connectivity index (χ0v) is 15.9. The van der Waals surface area contributed by atoms with Gasteiger partial charge in [-0.25, -0.2) is 18.5 Å². The van der Waals surface area contributed by atoms with Crippen molar-refractivity contribution in [2.75, 3.05) is 4.90 Å². The Morgan fingerprint density at radius 2 is 1.71 bits per heavy atom. The smallest absolute Gasteiger partial charge is 0.257 e. The number of primary sulfonamides is 1. The molecule has 0 aromatic heterocycles. The minimum Gasteiger partial charge on any atom is -0.326 e. The molecule has 8 nitrogen and oxygen atoms in total. The topological polar surface area (TPSA) is 118 Å². The van der Waals surface area contributed by atoms with E-state index in [1.807, 2.05) is 30.3 Å². The summed E-state index contributed by atoms with van der Waals surface area (Å²) in [6.07, 6.45) is -0.137. The number of nitrogens with two attached hydrogens (primary N) is 1. The molecule has 3 rings (SSSR count). The van der Waals surface area contributed by atoms with Crippen molar-refractivity contribution in [1.82, 2.24) is 4.90 Å². The van der Waals surface area contributed by atoms with Crippen LogP contribution in [0.2, 0.25) is 0 Å². The molecule has 1 aliphatic heterocycles. The third-order valence-corrected chi connectivity index (χ3v) is 5.45. The molecule has 1 aliphatic rings. The van der Waals surface area contributed by atoms with Gasteiger partial charge in [0.25, 0.3) is 5.91 Å². The Bertz CT molecular complexity index is 1020. The lowest BCUT2D eigenvalue weighted by atomic mass is 10.1. The molecule has 1 heterocycles. The van der Waals surface area contributed by atoms with Crippen LogP contribution >= 0.6 is 0 Å². The number of carbonyl (C=O) groups is 3. The van der Waals surface area contributed by atoms with Crippen LogP contribution in [0, 0.1) is 0 Å². The molecule has 0 radical (unpaired) electrons. The first-order chi connectivity index (χ1) is 13.2. The van der Waals surface area contributed by atoms with E-state index >= 15 is 0 Å². The molecule has 0 aliphatic carbocycles. The zero-order chi connectivity index (χ0) is 20.5. The summed E-state index contributed by atoms with van der Waals surface area (Å²) in [7, 11) is -3.88. The molecule has 28 heavy (non-hydrogen) atoms. The van der Waals surface area contributed by atoms with Crippen LogP contribution in [0.15, 0.2) is 59.5 Å². The third kappa shape index (κ3) is 3.95. The lowest BCUT2D eigenvalue weighted by molar-refractivity contribution is -0.137. The molecular formula is C19H19N3O5S. The highest BCUT2D eigenvalue weighted by Crippen LogP contribution is 2.27. The predicted octanol–water partition coefficient (Wildman–Crippen LogP) is 1.01. The summed E-state index contributed by atoms with van der Waals surface area (Å²) >= 11 is 0. The van der Waals surface area contributed by atoms with E-state index in [2.05, 4.69) is 0 Å². The molecular weight excluding hydrogens is 382 g/mol. The molecule has 146 valence electrons. The number of benzene rings is 2. The summed E-state index contributed by atoms with van der Waals surface area (Å²) in [5, 5.41) is 5.06. The average molecular weight is 401 g/mol. The predicted molar refractivity (Wildman–Crippen MR) is 101 cm³/mol. The van der Waals surface area contributed by atoms with Crippen LogP contribution in [0.4, 0.5) is 5.69 Å². The van der Waals surface area contributed by atoms with E-state index in [9.17, 15) is 22.8 Å². The third-order valence-electron chi connectivity index (χ3n) is 4.52. The first kappa shape index (κ1) is 19.7. The van der Waals surface area contributed by atoms with Gasteiger partial charge in [-0.3, -0.25) is 14.4 Å². The maximum absolute atomic E-state index is 12.9. The minimum atomic E-state index is -3.88. The summed E-state index contributed by atoms with van der Waals surface area (Å²) in [6.45, 7) is 1.56. The van der Waals surface area contributed by atoms with Crippen molar-refractivity contribution in [3.05, 3.63) is 60.2 Å². The summed E-state index contributed by atoms with van der Waals surface area (Å²) in [4.78, 5) is 39.7.